The number of ether oxygens (including phenoxy) is 1. The third-order valence-corrected chi connectivity index (χ3v) is 1.55. The van der Waals surface area contributed by atoms with E-state index in [0.717, 1.165) is 12.2 Å². The maximum Gasteiger partial charge on any atom is 0.232 e. The van der Waals surface area contributed by atoms with Gasteiger partial charge in [-0.2, -0.15) is 0 Å². The lowest BCUT2D eigenvalue weighted by atomic mass is 10.5. The summed E-state index contributed by atoms with van der Waals surface area (Å²) in [6.07, 6.45) is 3.34. The SMILES string of the molecule is Cc1cnc(OCCN(C)C)cn1. The predicted molar refractivity (Wildman–Crippen MR) is 50.8 cm³/mol. The van der Waals surface area contributed by atoms with E-state index in [4.69, 9.17) is 4.74 Å². The van der Waals surface area contributed by atoms with Crippen LogP contribution in [0.25, 0.3) is 0 Å². The first-order chi connectivity index (χ1) is 6.18. The smallest absolute Gasteiger partial charge is 0.232 e. The minimum Gasteiger partial charge on any atom is -0.475 e. The Balaban J connectivity index is 2.33. The zero-order chi connectivity index (χ0) is 9.68. The Morgan fingerprint density at radius 1 is 1.31 bits per heavy atom. The highest BCUT2D eigenvalue weighted by atomic mass is 16.5. The molecule has 1 aromatic heterocycles. The van der Waals surface area contributed by atoms with Crippen molar-refractivity contribution in [3.05, 3.63) is 18.1 Å². The molecule has 4 nitrogen and oxygen atoms in total. The molecule has 0 saturated carbocycles. The first-order valence-electron chi connectivity index (χ1n) is 4.24. The van der Waals surface area contributed by atoms with Gasteiger partial charge in [0.25, 0.3) is 0 Å². The molecule has 0 fully saturated rings. The standard InChI is InChI=1S/C9H15N3O/c1-8-6-11-9(7-10-8)13-5-4-12(2)3/h6-7H,4-5H2,1-3H3. The number of aromatic nitrogens is 2. The fourth-order valence-corrected chi connectivity index (χ4v) is 0.788. The molecule has 1 aromatic rings. The molecule has 0 aliphatic heterocycles. The summed E-state index contributed by atoms with van der Waals surface area (Å²) in [6, 6.07) is 0. The molecule has 13 heavy (non-hydrogen) atoms. The Hall–Kier alpha value is -1.16. The topological polar surface area (TPSA) is 38.2 Å². The molecule has 0 spiro atoms. The highest BCUT2D eigenvalue weighted by Crippen LogP contribution is 2.02. The van der Waals surface area contributed by atoms with Crippen LogP contribution in [0.4, 0.5) is 0 Å². The van der Waals surface area contributed by atoms with Gasteiger partial charge < -0.3 is 9.64 Å². The first kappa shape index (κ1) is 9.92. The van der Waals surface area contributed by atoms with Crippen molar-refractivity contribution in [2.45, 2.75) is 6.92 Å². The quantitative estimate of drug-likeness (QED) is 0.686. The minimum absolute atomic E-state index is 0.590. The van der Waals surface area contributed by atoms with Crippen LogP contribution in [0.15, 0.2) is 12.4 Å². The molecule has 1 rings (SSSR count). The van der Waals surface area contributed by atoms with E-state index in [-0.39, 0.29) is 0 Å². The monoisotopic (exact) mass is 181 g/mol. The number of aryl methyl sites for hydroxylation is 1. The summed E-state index contributed by atoms with van der Waals surface area (Å²) in [5, 5.41) is 0. The normalized spacial score (nSPS) is 10.5. The van der Waals surface area contributed by atoms with E-state index in [0.29, 0.717) is 12.5 Å². The highest BCUT2D eigenvalue weighted by Gasteiger charge is 1.95. The summed E-state index contributed by atoms with van der Waals surface area (Å²) in [7, 11) is 4.01. The summed E-state index contributed by atoms with van der Waals surface area (Å²) < 4.78 is 5.36. The van der Waals surface area contributed by atoms with Crippen molar-refractivity contribution < 1.29 is 4.74 Å². The van der Waals surface area contributed by atoms with Crippen molar-refractivity contribution in [3.8, 4) is 5.88 Å². The average molecular weight is 181 g/mol. The van der Waals surface area contributed by atoms with Crippen LogP contribution >= 0.6 is 0 Å². The van der Waals surface area contributed by atoms with Gasteiger partial charge in [0.15, 0.2) is 0 Å². The van der Waals surface area contributed by atoms with Crippen molar-refractivity contribution in [1.29, 1.82) is 0 Å². The van der Waals surface area contributed by atoms with Gasteiger partial charge in [-0.25, -0.2) is 4.98 Å². The minimum atomic E-state index is 0.590. The van der Waals surface area contributed by atoms with E-state index in [2.05, 4.69) is 14.9 Å². The molecule has 4 heteroatoms. The molecular formula is C9H15N3O. The zero-order valence-electron chi connectivity index (χ0n) is 8.32. The van der Waals surface area contributed by atoms with Gasteiger partial charge in [0.05, 0.1) is 18.1 Å². The van der Waals surface area contributed by atoms with Crippen LogP contribution in [-0.4, -0.2) is 42.1 Å². The Morgan fingerprint density at radius 3 is 2.62 bits per heavy atom. The Labute approximate surface area is 78.6 Å². The van der Waals surface area contributed by atoms with E-state index < -0.39 is 0 Å². The lowest BCUT2D eigenvalue weighted by molar-refractivity contribution is 0.253. The molecule has 72 valence electrons. The van der Waals surface area contributed by atoms with Crippen LogP contribution in [0, 0.1) is 6.92 Å². The lowest BCUT2D eigenvalue weighted by Gasteiger charge is -2.09. The van der Waals surface area contributed by atoms with E-state index >= 15 is 0 Å². The van der Waals surface area contributed by atoms with Crippen LogP contribution in [0.2, 0.25) is 0 Å². The van der Waals surface area contributed by atoms with Crippen LogP contribution < -0.4 is 4.74 Å². The molecule has 0 aromatic carbocycles. The summed E-state index contributed by atoms with van der Waals surface area (Å²) in [5.74, 6) is 0.590. The molecular weight excluding hydrogens is 166 g/mol. The molecule has 0 unspecified atom stereocenters. The third-order valence-electron chi connectivity index (χ3n) is 1.55. The van der Waals surface area contributed by atoms with Gasteiger partial charge in [-0.15, -0.1) is 0 Å². The Kier molecular flexibility index (Phi) is 3.64. The number of rotatable bonds is 4. The van der Waals surface area contributed by atoms with Gasteiger partial charge in [-0.05, 0) is 21.0 Å². The molecule has 0 bridgehead atoms. The van der Waals surface area contributed by atoms with Gasteiger partial charge in [-0.3, -0.25) is 4.98 Å². The van der Waals surface area contributed by atoms with Gasteiger partial charge in [-0.1, -0.05) is 0 Å². The zero-order valence-corrected chi connectivity index (χ0v) is 8.32. The van der Waals surface area contributed by atoms with Crippen LogP contribution in [0.5, 0.6) is 5.88 Å². The number of likely N-dealkylation sites (N-methyl/N-ethyl adjacent to an activating group) is 1. The maximum atomic E-state index is 5.36. The summed E-state index contributed by atoms with van der Waals surface area (Å²) in [6.45, 7) is 3.43. The molecule has 0 amide bonds. The number of hydrogen-bond donors (Lipinski definition) is 0. The third kappa shape index (κ3) is 3.85. The summed E-state index contributed by atoms with van der Waals surface area (Å²) in [4.78, 5) is 10.2. The second kappa shape index (κ2) is 4.77. The first-order valence-corrected chi connectivity index (χ1v) is 4.24. The second-order valence-electron chi connectivity index (χ2n) is 3.15. The largest absolute Gasteiger partial charge is 0.475 e. The lowest BCUT2D eigenvalue weighted by Crippen LogP contribution is -2.19. The molecule has 0 aliphatic carbocycles. The van der Waals surface area contributed by atoms with Crippen LogP contribution in [0.1, 0.15) is 5.69 Å². The van der Waals surface area contributed by atoms with Gasteiger partial charge in [0.1, 0.15) is 6.61 Å². The number of hydrogen-bond acceptors (Lipinski definition) is 4. The molecule has 0 radical (unpaired) electrons. The van der Waals surface area contributed by atoms with Gasteiger partial charge >= 0.3 is 0 Å². The van der Waals surface area contributed by atoms with Crippen molar-refractivity contribution in [2.75, 3.05) is 27.2 Å². The van der Waals surface area contributed by atoms with Crippen molar-refractivity contribution >= 4 is 0 Å². The van der Waals surface area contributed by atoms with E-state index in [1.54, 1.807) is 12.4 Å². The molecule has 0 atom stereocenters. The Bertz CT molecular complexity index is 246. The van der Waals surface area contributed by atoms with Gasteiger partial charge in [0, 0.05) is 6.54 Å². The maximum absolute atomic E-state index is 5.36. The summed E-state index contributed by atoms with van der Waals surface area (Å²) in [5.41, 5.74) is 0.903. The fourth-order valence-electron chi connectivity index (χ4n) is 0.788. The average Bonchev–Trinajstić information content (AvgIpc) is 2.08. The molecule has 0 N–H and O–H groups in total. The molecule has 1 heterocycles. The highest BCUT2D eigenvalue weighted by molar-refractivity contribution is 5.05. The number of nitrogens with zero attached hydrogens (tertiary/aromatic N) is 3. The Morgan fingerprint density at radius 2 is 2.08 bits per heavy atom. The van der Waals surface area contributed by atoms with Crippen molar-refractivity contribution in [3.63, 3.8) is 0 Å². The summed E-state index contributed by atoms with van der Waals surface area (Å²) >= 11 is 0. The van der Waals surface area contributed by atoms with Crippen LogP contribution in [-0.2, 0) is 0 Å². The van der Waals surface area contributed by atoms with Crippen molar-refractivity contribution in [2.24, 2.45) is 0 Å². The molecule has 0 saturated heterocycles. The predicted octanol–water partition coefficient (Wildman–Crippen LogP) is 0.725. The van der Waals surface area contributed by atoms with Crippen molar-refractivity contribution in [1.82, 2.24) is 14.9 Å². The van der Waals surface area contributed by atoms with E-state index in [1.807, 2.05) is 21.0 Å². The van der Waals surface area contributed by atoms with E-state index in [9.17, 15) is 0 Å². The molecule has 0 aliphatic rings. The fraction of sp³-hybridized carbons (Fsp3) is 0.556. The van der Waals surface area contributed by atoms with Crippen LogP contribution in [0.3, 0.4) is 0 Å². The van der Waals surface area contributed by atoms with Gasteiger partial charge in [0.2, 0.25) is 5.88 Å². The second-order valence-corrected chi connectivity index (χ2v) is 3.15. The van der Waals surface area contributed by atoms with E-state index in [1.165, 1.54) is 0 Å².